The van der Waals surface area contributed by atoms with Gasteiger partial charge in [-0.05, 0) is 30.7 Å². The fourth-order valence-electron chi connectivity index (χ4n) is 3.95. The van der Waals surface area contributed by atoms with Crippen LogP contribution in [0.15, 0.2) is 24.3 Å². The van der Waals surface area contributed by atoms with Crippen molar-refractivity contribution in [3.8, 4) is 0 Å². The molecule has 2 amide bonds. The molecule has 35 heavy (non-hydrogen) atoms. The van der Waals surface area contributed by atoms with Gasteiger partial charge >= 0.3 is 12.2 Å². The van der Waals surface area contributed by atoms with Crippen LogP contribution in [-0.4, -0.2) is 46.2 Å². The molecule has 0 unspecified atom stereocenters. The maximum absolute atomic E-state index is 12.6. The van der Waals surface area contributed by atoms with Crippen LogP contribution in [0.4, 0.5) is 23.7 Å². The summed E-state index contributed by atoms with van der Waals surface area (Å²) in [5.74, 6) is 0. The molecule has 0 aromatic heterocycles. The van der Waals surface area contributed by atoms with Gasteiger partial charge in [0, 0.05) is 5.69 Å². The standard InChI is InChI=1S/C26H43F3N2O4/c1-2-3-4-5-6-7-8-9-10-11-12-13-14-23(33)24(34)22(19-32)31-25(35)30-21-17-15-20(16-18-21)26(27,28)29/h15-18,22-24,32-34H,2-14,19H2,1H3,(H2,30,31,35)/t22-,23+,24-/m0/s1. The third kappa shape index (κ3) is 13.7. The number of aliphatic hydroxyl groups excluding tert-OH is 3. The number of unbranched alkanes of at least 4 members (excludes halogenated alkanes) is 11. The minimum absolute atomic E-state index is 0.124. The lowest BCUT2D eigenvalue weighted by atomic mass is 9.99. The number of amides is 2. The second kappa shape index (κ2) is 17.6. The Kier molecular flexibility index (Phi) is 15.7. The number of alkyl halides is 3. The molecule has 1 aromatic carbocycles. The molecule has 9 heteroatoms. The summed E-state index contributed by atoms with van der Waals surface area (Å²) in [4.78, 5) is 12.1. The number of hydrogen-bond donors (Lipinski definition) is 5. The molecule has 6 nitrogen and oxygen atoms in total. The predicted molar refractivity (Wildman–Crippen MR) is 132 cm³/mol. The Balaban J connectivity index is 2.23. The molecule has 3 atom stereocenters. The average molecular weight is 505 g/mol. The van der Waals surface area contributed by atoms with E-state index in [9.17, 15) is 33.3 Å². The molecule has 202 valence electrons. The van der Waals surface area contributed by atoms with Gasteiger partial charge in [-0.1, -0.05) is 84.0 Å². The second-order valence-corrected chi connectivity index (χ2v) is 9.20. The minimum Gasteiger partial charge on any atom is -0.394 e. The van der Waals surface area contributed by atoms with Gasteiger partial charge in [-0.3, -0.25) is 0 Å². The van der Waals surface area contributed by atoms with Crippen molar-refractivity contribution >= 4 is 11.7 Å². The Morgan fingerprint density at radius 3 is 1.80 bits per heavy atom. The quantitative estimate of drug-likeness (QED) is 0.158. The molecule has 0 radical (unpaired) electrons. The van der Waals surface area contributed by atoms with Crippen molar-refractivity contribution in [3.63, 3.8) is 0 Å². The van der Waals surface area contributed by atoms with Crippen LogP contribution in [-0.2, 0) is 6.18 Å². The van der Waals surface area contributed by atoms with Gasteiger partial charge in [0.1, 0.15) is 6.10 Å². The van der Waals surface area contributed by atoms with E-state index in [4.69, 9.17) is 0 Å². The van der Waals surface area contributed by atoms with Crippen molar-refractivity contribution in [2.24, 2.45) is 0 Å². The molecule has 0 spiro atoms. The average Bonchev–Trinajstić information content (AvgIpc) is 2.82. The van der Waals surface area contributed by atoms with Gasteiger partial charge in [-0.15, -0.1) is 0 Å². The Hall–Kier alpha value is -1.84. The van der Waals surface area contributed by atoms with Gasteiger partial charge in [0.25, 0.3) is 0 Å². The van der Waals surface area contributed by atoms with E-state index in [0.29, 0.717) is 6.42 Å². The van der Waals surface area contributed by atoms with Crippen LogP contribution >= 0.6 is 0 Å². The van der Waals surface area contributed by atoms with E-state index in [1.165, 1.54) is 51.4 Å². The van der Waals surface area contributed by atoms with Crippen molar-refractivity contribution in [1.29, 1.82) is 0 Å². The molecule has 0 aliphatic heterocycles. The highest BCUT2D eigenvalue weighted by molar-refractivity contribution is 5.89. The first-order chi connectivity index (χ1) is 16.7. The van der Waals surface area contributed by atoms with E-state index in [1.54, 1.807) is 0 Å². The van der Waals surface area contributed by atoms with Crippen molar-refractivity contribution in [2.75, 3.05) is 11.9 Å². The molecule has 5 N–H and O–H groups in total. The first kappa shape index (κ1) is 31.2. The van der Waals surface area contributed by atoms with Crippen LogP contribution < -0.4 is 10.6 Å². The highest BCUT2D eigenvalue weighted by atomic mass is 19.4. The molecule has 1 rings (SSSR count). The monoisotopic (exact) mass is 504 g/mol. The van der Waals surface area contributed by atoms with Crippen LogP contribution in [0, 0.1) is 0 Å². The summed E-state index contributed by atoms with van der Waals surface area (Å²) in [7, 11) is 0. The van der Waals surface area contributed by atoms with E-state index in [2.05, 4.69) is 17.6 Å². The number of hydrogen-bond acceptors (Lipinski definition) is 4. The first-order valence-electron chi connectivity index (χ1n) is 12.9. The number of urea groups is 1. The maximum Gasteiger partial charge on any atom is 0.416 e. The van der Waals surface area contributed by atoms with Gasteiger partial charge in [0.05, 0.1) is 24.3 Å². The third-order valence-electron chi connectivity index (χ3n) is 6.14. The Morgan fingerprint density at radius 2 is 1.34 bits per heavy atom. The van der Waals surface area contributed by atoms with Crippen molar-refractivity contribution in [2.45, 2.75) is 115 Å². The Morgan fingerprint density at radius 1 is 0.857 bits per heavy atom. The molecule has 0 saturated heterocycles. The third-order valence-corrected chi connectivity index (χ3v) is 6.14. The van der Waals surface area contributed by atoms with E-state index < -0.39 is 42.6 Å². The summed E-state index contributed by atoms with van der Waals surface area (Å²) in [5.41, 5.74) is -0.716. The summed E-state index contributed by atoms with van der Waals surface area (Å²) < 4.78 is 37.9. The van der Waals surface area contributed by atoms with Crippen molar-refractivity contribution in [3.05, 3.63) is 29.8 Å². The largest absolute Gasteiger partial charge is 0.416 e. The number of halogens is 3. The topological polar surface area (TPSA) is 102 Å². The zero-order valence-corrected chi connectivity index (χ0v) is 20.8. The molecule has 1 aromatic rings. The molecule has 0 bridgehead atoms. The van der Waals surface area contributed by atoms with Crippen LogP contribution in [0.2, 0.25) is 0 Å². The fourth-order valence-corrected chi connectivity index (χ4v) is 3.95. The van der Waals surface area contributed by atoms with Gasteiger partial charge in [-0.2, -0.15) is 13.2 Å². The zero-order chi connectivity index (χ0) is 26.1. The highest BCUT2D eigenvalue weighted by Crippen LogP contribution is 2.29. The molecule has 0 aliphatic rings. The minimum atomic E-state index is -4.48. The van der Waals surface area contributed by atoms with E-state index >= 15 is 0 Å². The predicted octanol–water partition coefficient (Wildman–Crippen LogP) is 6.00. The van der Waals surface area contributed by atoms with E-state index in [-0.39, 0.29) is 5.69 Å². The summed E-state index contributed by atoms with van der Waals surface area (Å²) in [6, 6.07) is 1.97. The lowest BCUT2D eigenvalue weighted by Gasteiger charge is -2.26. The van der Waals surface area contributed by atoms with Crippen LogP contribution in [0.25, 0.3) is 0 Å². The molecule has 0 heterocycles. The Bertz CT molecular complexity index is 686. The van der Waals surface area contributed by atoms with Crippen molar-refractivity contribution in [1.82, 2.24) is 5.32 Å². The fraction of sp³-hybridized carbons (Fsp3) is 0.731. The van der Waals surface area contributed by atoms with Crippen LogP contribution in [0.3, 0.4) is 0 Å². The number of anilines is 1. The van der Waals surface area contributed by atoms with Gasteiger partial charge in [-0.25, -0.2) is 4.79 Å². The van der Waals surface area contributed by atoms with E-state index in [0.717, 1.165) is 49.9 Å². The summed E-state index contributed by atoms with van der Waals surface area (Å²) >= 11 is 0. The van der Waals surface area contributed by atoms with Gasteiger partial charge in [0.2, 0.25) is 0 Å². The number of rotatable bonds is 18. The highest BCUT2D eigenvalue weighted by Gasteiger charge is 2.30. The molecular weight excluding hydrogens is 461 g/mol. The van der Waals surface area contributed by atoms with Crippen LogP contribution in [0.5, 0.6) is 0 Å². The number of aliphatic hydroxyl groups is 3. The summed E-state index contributed by atoms with van der Waals surface area (Å²) in [6.45, 7) is 1.62. The normalized spacial score (nSPS) is 14.4. The zero-order valence-electron chi connectivity index (χ0n) is 20.8. The van der Waals surface area contributed by atoms with Crippen LogP contribution in [0.1, 0.15) is 96.0 Å². The van der Waals surface area contributed by atoms with Crippen molar-refractivity contribution < 1.29 is 33.3 Å². The number of benzene rings is 1. The number of carbonyl (C=O) groups excluding carboxylic acids is 1. The van der Waals surface area contributed by atoms with Gasteiger partial charge in [0.15, 0.2) is 0 Å². The maximum atomic E-state index is 12.6. The summed E-state index contributed by atoms with van der Waals surface area (Å²) in [6.07, 6.45) is 7.59. The Labute approximate surface area is 207 Å². The van der Waals surface area contributed by atoms with Gasteiger partial charge < -0.3 is 26.0 Å². The molecule has 0 fully saturated rings. The molecule has 0 saturated carbocycles. The molecular formula is C26H43F3N2O4. The lowest BCUT2D eigenvalue weighted by molar-refractivity contribution is -0.137. The lowest BCUT2D eigenvalue weighted by Crippen LogP contribution is -2.51. The first-order valence-corrected chi connectivity index (χ1v) is 12.9. The smallest absolute Gasteiger partial charge is 0.394 e. The van der Waals surface area contributed by atoms with E-state index in [1.807, 2.05) is 0 Å². The number of carbonyl (C=O) groups is 1. The summed E-state index contributed by atoms with van der Waals surface area (Å²) in [5, 5.41) is 34.8. The SMILES string of the molecule is CCCCCCCCCCCCCC[C@@H](O)[C@@H](O)[C@H](CO)NC(=O)Nc1ccc(C(F)(F)F)cc1. The molecule has 0 aliphatic carbocycles. The second-order valence-electron chi connectivity index (χ2n) is 9.20. The number of nitrogens with one attached hydrogen (secondary N) is 2.